The van der Waals surface area contributed by atoms with Gasteiger partial charge in [-0.05, 0) is 41.0 Å². The SMILES string of the molecule is O=C1CCN(c2cnccc2CN2CCN(c3ccc([C@H]4c5ccc(O)cc5OC[C@H]4c4ccccc4)cc3)CC2)C(=O)N1. The number of amides is 3. The van der Waals surface area contributed by atoms with Crippen molar-refractivity contribution in [3.8, 4) is 11.5 Å². The van der Waals surface area contributed by atoms with Crippen LogP contribution in [0.3, 0.4) is 0 Å². The van der Waals surface area contributed by atoms with Gasteiger partial charge in [0.25, 0.3) is 0 Å². The summed E-state index contributed by atoms with van der Waals surface area (Å²) in [7, 11) is 0. The number of hydrogen-bond donors (Lipinski definition) is 2. The molecule has 3 aromatic carbocycles. The zero-order valence-corrected chi connectivity index (χ0v) is 24.4. The third-order valence-electron chi connectivity index (χ3n) is 9.00. The molecule has 0 spiro atoms. The Balaban J connectivity index is 1.05. The number of carbonyl (C=O) groups is 2. The monoisotopic (exact) mass is 589 g/mol. The molecule has 1 aromatic heterocycles. The number of fused-ring (bicyclic) bond motifs is 1. The number of imide groups is 1. The molecule has 4 aromatic rings. The smallest absolute Gasteiger partial charge is 0.328 e. The van der Waals surface area contributed by atoms with Crippen LogP contribution in [0.15, 0.2) is 91.3 Å². The molecule has 9 nitrogen and oxygen atoms in total. The molecule has 3 amide bonds. The van der Waals surface area contributed by atoms with E-state index in [0.29, 0.717) is 19.7 Å². The zero-order chi connectivity index (χ0) is 30.0. The summed E-state index contributed by atoms with van der Waals surface area (Å²) < 4.78 is 6.13. The number of phenols is 1. The van der Waals surface area contributed by atoms with Gasteiger partial charge in [-0.1, -0.05) is 48.5 Å². The Hall–Kier alpha value is -4.89. The number of urea groups is 1. The van der Waals surface area contributed by atoms with E-state index in [1.54, 1.807) is 29.4 Å². The normalized spacial score (nSPS) is 20.5. The average molecular weight is 590 g/mol. The number of nitrogens with zero attached hydrogens (tertiary/aromatic N) is 4. The number of phenolic OH excluding ortho intramolecular Hbond substituents is 1. The van der Waals surface area contributed by atoms with E-state index >= 15 is 0 Å². The minimum atomic E-state index is -0.388. The molecule has 2 atom stereocenters. The van der Waals surface area contributed by atoms with Gasteiger partial charge in [0.05, 0.1) is 18.5 Å². The molecular formula is C35H35N5O4. The molecule has 2 saturated heterocycles. The van der Waals surface area contributed by atoms with Crippen molar-refractivity contribution >= 4 is 23.3 Å². The second-order valence-electron chi connectivity index (χ2n) is 11.6. The van der Waals surface area contributed by atoms with E-state index < -0.39 is 0 Å². The molecule has 7 rings (SSSR count). The standard InChI is InChI=1S/C35H35N5O4/c41-28-10-11-29-32(20-28)44-23-30(24-4-2-1-3-5-24)34(29)25-6-8-27(9-7-25)39-18-16-38(17-19-39)22-26-12-14-36-21-31(26)40-15-13-33(42)37-35(40)43/h1-12,14,20-21,30,34,41H,13,15-19,22-23H2,(H,37,42,43)/t30-,34-/m0/s1. The largest absolute Gasteiger partial charge is 0.508 e. The van der Waals surface area contributed by atoms with Crippen LogP contribution in [0.2, 0.25) is 0 Å². The van der Waals surface area contributed by atoms with Gasteiger partial charge in [0.15, 0.2) is 0 Å². The molecule has 0 radical (unpaired) electrons. The van der Waals surface area contributed by atoms with Crippen LogP contribution in [0, 0.1) is 0 Å². The van der Waals surface area contributed by atoms with Crippen molar-refractivity contribution < 1.29 is 19.4 Å². The number of ether oxygens (including phenoxy) is 1. The predicted octanol–water partition coefficient (Wildman–Crippen LogP) is 4.86. The summed E-state index contributed by atoms with van der Waals surface area (Å²) >= 11 is 0. The van der Waals surface area contributed by atoms with Gasteiger partial charge in [0.2, 0.25) is 5.91 Å². The fourth-order valence-electron chi connectivity index (χ4n) is 6.68. The van der Waals surface area contributed by atoms with Gasteiger partial charge in [-0.3, -0.25) is 24.9 Å². The van der Waals surface area contributed by atoms with Crippen molar-refractivity contribution in [3.05, 3.63) is 114 Å². The highest BCUT2D eigenvalue weighted by atomic mass is 16.5. The van der Waals surface area contributed by atoms with E-state index in [-0.39, 0.29) is 35.9 Å². The lowest BCUT2D eigenvalue weighted by molar-refractivity contribution is -0.120. The molecule has 2 fully saturated rings. The molecular weight excluding hydrogens is 554 g/mol. The number of anilines is 2. The van der Waals surface area contributed by atoms with Gasteiger partial charge in [-0.25, -0.2) is 4.79 Å². The number of carbonyl (C=O) groups excluding carboxylic acids is 2. The lowest BCUT2D eigenvalue weighted by Gasteiger charge is -2.37. The molecule has 0 saturated carbocycles. The average Bonchev–Trinajstić information content (AvgIpc) is 3.05. The Morgan fingerprint density at radius 2 is 1.68 bits per heavy atom. The summed E-state index contributed by atoms with van der Waals surface area (Å²) in [5.74, 6) is 0.993. The first-order valence-electron chi connectivity index (χ1n) is 15.2. The first-order chi connectivity index (χ1) is 21.5. The maximum atomic E-state index is 12.5. The maximum absolute atomic E-state index is 12.5. The Morgan fingerprint density at radius 1 is 0.886 bits per heavy atom. The van der Waals surface area contributed by atoms with E-state index in [4.69, 9.17) is 4.74 Å². The summed E-state index contributed by atoms with van der Waals surface area (Å²) in [5, 5.41) is 12.5. The van der Waals surface area contributed by atoms with Crippen LogP contribution in [0.1, 0.15) is 40.5 Å². The third kappa shape index (κ3) is 5.58. The summed E-state index contributed by atoms with van der Waals surface area (Å²) in [5.41, 5.74) is 6.54. The highest BCUT2D eigenvalue weighted by molar-refractivity contribution is 6.05. The molecule has 2 N–H and O–H groups in total. The first-order valence-corrected chi connectivity index (χ1v) is 15.2. The van der Waals surface area contributed by atoms with Gasteiger partial charge >= 0.3 is 6.03 Å². The second kappa shape index (κ2) is 12.0. The Bertz CT molecular complexity index is 1650. The molecule has 224 valence electrons. The van der Waals surface area contributed by atoms with E-state index in [0.717, 1.165) is 48.7 Å². The van der Waals surface area contributed by atoms with Crippen LogP contribution < -0.4 is 19.9 Å². The lowest BCUT2D eigenvalue weighted by atomic mass is 9.76. The number of piperazine rings is 1. The van der Waals surface area contributed by atoms with Gasteiger partial charge in [0, 0.05) is 81.0 Å². The topological polar surface area (TPSA) is 98.2 Å². The zero-order valence-electron chi connectivity index (χ0n) is 24.4. The Kier molecular flexibility index (Phi) is 7.62. The Labute approximate surface area is 256 Å². The van der Waals surface area contributed by atoms with Crippen LogP contribution in [0.25, 0.3) is 0 Å². The minimum absolute atomic E-state index is 0.113. The number of nitrogens with one attached hydrogen (secondary N) is 1. The lowest BCUT2D eigenvalue weighted by Crippen LogP contribution is -2.50. The molecule has 0 aliphatic carbocycles. The van der Waals surface area contributed by atoms with E-state index in [1.807, 2.05) is 18.2 Å². The summed E-state index contributed by atoms with van der Waals surface area (Å²) in [6.45, 7) is 5.19. The quantitative estimate of drug-likeness (QED) is 0.331. The van der Waals surface area contributed by atoms with Gasteiger partial charge in [0.1, 0.15) is 11.5 Å². The number of hydrogen-bond acceptors (Lipinski definition) is 7. The molecule has 9 heteroatoms. The molecule has 4 heterocycles. The van der Waals surface area contributed by atoms with Crippen LogP contribution in [-0.4, -0.2) is 66.3 Å². The molecule has 3 aliphatic rings. The summed E-state index contributed by atoms with van der Waals surface area (Å²) in [4.78, 5) is 34.8. The highest BCUT2D eigenvalue weighted by Crippen LogP contribution is 2.47. The molecule has 0 unspecified atom stereocenters. The number of pyridine rings is 1. The number of aromatic nitrogens is 1. The molecule has 3 aliphatic heterocycles. The first kappa shape index (κ1) is 27.9. The van der Waals surface area contributed by atoms with Crippen molar-refractivity contribution in [2.75, 3.05) is 49.1 Å². The van der Waals surface area contributed by atoms with Crippen molar-refractivity contribution in [1.29, 1.82) is 0 Å². The van der Waals surface area contributed by atoms with Crippen LogP contribution >= 0.6 is 0 Å². The summed E-state index contributed by atoms with van der Waals surface area (Å²) in [6.07, 6.45) is 3.76. The number of aromatic hydroxyl groups is 1. The van der Waals surface area contributed by atoms with Crippen molar-refractivity contribution in [2.24, 2.45) is 0 Å². The fourth-order valence-corrected chi connectivity index (χ4v) is 6.68. The van der Waals surface area contributed by atoms with E-state index in [1.165, 1.54) is 16.8 Å². The second-order valence-corrected chi connectivity index (χ2v) is 11.6. The molecule has 0 bridgehead atoms. The highest BCUT2D eigenvalue weighted by Gasteiger charge is 2.34. The summed E-state index contributed by atoms with van der Waals surface area (Å²) in [6, 6.07) is 26.5. The van der Waals surface area contributed by atoms with Crippen molar-refractivity contribution in [2.45, 2.75) is 24.8 Å². The van der Waals surface area contributed by atoms with Gasteiger partial charge in [-0.15, -0.1) is 0 Å². The van der Waals surface area contributed by atoms with E-state index in [9.17, 15) is 14.7 Å². The number of rotatable bonds is 6. The number of benzene rings is 3. The van der Waals surface area contributed by atoms with Gasteiger partial charge < -0.3 is 14.7 Å². The fraction of sp³-hybridized carbons (Fsp3) is 0.286. The Morgan fingerprint density at radius 3 is 2.45 bits per heavy atom. The van der Waals surface area contributed by atoms with Crippen molar-refractivity contribution in [3.63, 3.8) is 0 Å². The predicted molar refractivity (Wildman–Crippen MR) is 168 cm³/mol. The van der Waals surface area contributed by atoms with Gasteiger partial charge in [-0.2, -0.15) is 0 Å². The molecule has 44 heavy (non-hydrogen) atoms. The van der Waals surface area contributed by atoms with Crippen molar-refractivity contribution in [1.82, 2.24) is 15.2 Å². The third-order valence-corrected chi connectivity index (χ3v) is 9.00. The van der Waals surface area contributed by atoms with Crippen LogP contribution in [0.5, 0.6) is 11.5 Å². The van der Waals surface area contributed by atoms with E-state index in [2.05, 4.69) is 68.6 Å². The van der Waals surface area contributed by atoms with Crippen LogP contribution in [-0.2, 0) is 11.3 Å². The minimum Gasteiger partial charge on any atom is -0.508 e. The maximum Gasteiger partial charge on any atom is 0.328 e. The van der Waals surface area contributed by atoms with Crippen LogP contribution in [0.4, 0.5) is 16.2 Å².